The summed E-state index contributed by atoms with van der Waals surface area (Å²) in [5, 5.41) is 0. The Balaban J connectivity index is 4.32. The van der Waals surface area contributed by atoms with E-state index < -0.39 is 0 Å². The Morgan fingerprint density at radius 3 is 2.00 bits per heavy atom. The molecule has 0 bridgehead atoms. The lowest BCUT2D eigenvalue weighted by Gasteiger charge is -2.19. The van der Waals surface area contributed by atoms with Crippen LogP contribution in [0.25, 0.3) is 0 Å². The minimum absolute atomic E-state index is 0.667. The van der Waals surface area contributed by atoms with Gasteiger partial charge < -0.3 is 4.74 Å². The summed E-state index contributed by atoms with van der Waals surface area (Å²) in [7, 11) is 1.75. The van der Waals surface area contributed by atoms with E-state index in [1.807, 2.05) is 0 Å². The first kappa shape index (κ1) is 11.7. The average molecular weight is 170 g/mol. The van der Waals surface area contributed by atoms with E-state index in [0.29, 0.717) is 5.92 Å². The van der Waals surface area contributed by atoms with Gasteiger partial charge in [0.1, 0.15) is 0 Å². The van der Waals surface area contributed by atoms with Gasteiger partial charge in [-0.1, -0.05) is 26.3 Å². The van der Waals surface area contributed by atoms with E-state index in [2.05, 4.69) is 34.6 Å². The van der Waals surface area contributed by atoms with Crippen LogP contribution < -0.4 is 0 Å². The first-order valence-electron chi connectivity index (χ1n) is 4.65. The zero-order chi connectivity index (χ0) is 9.72. The summed E-state index contributed by atoms with van der Waals surface area (Å²) in [6.45, 7) is 11.9. The van der Waals surface area contributed by atoms with Gasteiger partial charge in [-0.15, -0.1) is 0 Å². The van der Waals surface area contributed by atoms with Crippen molar-refractivity contribution in [3.05, 3.63) is 11.1 Å². The second-order valence-corrected chi connectivity index (χ2v) is 3.93. The molecule has 0 N–H and O–H groups in total. The van der Waals surface area contributed by atoms with Gasteiger partial charge in [-0.3, -0.25) is 0 Å². The first-order valence-corrected chi connectivity index (χ1v) is 4.65. The second kappa shape index (κ2) is 5.36. The maximum atomic E-state index is 5.10. The Hall–Kier alpha value is -0.300. The lowest BCUT2D eigenvalue weighted by Crippen LogP contribution is -2.08. The monoisotopic (exact) mass is 170 g/mol. The molecule has 0 fully saturated rings. The van der Waals surface area contributed by atoms with Crippen LogP contribution in [0.15, 0.2) is 11.1 Å². The Kier molecular flexibility index (Phi) is 5.23. The third kappa shape index (κ3) is 3.40. The Morgan fingerprint density at radius 2 is 1.67 bits per heavy atom. The van der Waals surface area contributed by atoms with Crippen LogP contribution in [0, 0.1) is 11.8 Å². The maximum Gasteiger partial charge on any atom is 0.0672 e. The van der Waals surface area contributed by atoms with Gasteiger partial charge in [0.2, 0.25) is 0 Å². The number of rotatable bonds is 4. The molecule has 0 aromatic rings. The molecular weight excluding hydrogens is 148 g/mol. The summed E-state index contributed by atoms with van der Waals surface area (Å²) in [5.41, 5.74) is 2.85. The highest BCUT2D eigenvalue weighted by Crippen LogP contribution is 2.22. The summed E-state index contributed by atoms with van der Waals surface area (Å²) < 4.78 is 5.10. The smallest absolute Gasteiger partial charge is 0.0672 e. The van der Waals surface area contributed by atoms with E-state index in [9.17, 15) is 0 Å². The summed E-state index contributed by atoms with van der Waals surface area (Å²) in [6, 6.07) is 0. The average Bonchev–Trinajstić information content (AvgIpc) is 2.02. The molecule has 1 nitrogen and oxygen atoms in total. The van der Waals surface area contributed by atoms with Gasteiger partial charge in [0.15, 0.2) is 0 Å². The molecule has 12 heavy (non-hydrogen) atoms. The fraction of sp³-hybridized carbons (Fsp3) is 0.818. The van der Waals surface area contributed by atoms with E-state index in [1.54, 1.807) is 7.11 Å². The third-order valence-electron chi connectivity index (χ3n) is 2.72. The highest BCUT2D eigenvalue weighted by Gasteiger charge is 2.10. The van der Waals surface area contributed by atoms with Crippen LogP contribution in [0.2, 0.25) is 0 Å². The van der Waals surface area contributed by atoms with Gasteiger partial charge in [-0.2, -0.15) is 0 Å². The van der Waals surface area contributed by atoms with Gasteiger partial charge in [0.05, 0.1) is 6.61 Å². The van der Waals surface area contributed by atoms with E-state index in [-0.39, 0.29) is 0 Å². The van der Waals surface area contributed by atoms with Crippen LogP contribution in [0.1, 0.15) is 34.6 Å². The van der Waals surface area contributed by atoms with Crippen LogP contribution in [0.4, 0.5) is 0 Å². The molecule has 1 heteroatoms. The molecule has 72 valence electrons. The van der Waals surface area contributed by atoms with E-state index in [1.165, 1.54) is 11.1 Å². The minimum Gasteiger partial charge on any atom is -0.380 e. The van der Waals surface area contributed by atoms with Gasteiger partial charge in [0.25, 0.3) is 0 Å². The fourth-order valence-electron chi connectivity index (χ4n) is 1.22. The minimum atomic E-state index is 0.667. The summed E-state index contributed by atoms with van der Waals surface area (Å²) in [6.07, 6.45) is 0. The number of methoxy groups -OCH3 is 1. The van der Waals surface area contributed by atoms with E-state index in [4.69, 9.17) is 4.74 Å². The summed E-state index contributed by atoms with van der Waals surface area (Å²) in [4.78, 5) is 0. The van der Waals surface area contributed by atoms with Crippen LogP contribution in [-0.4, -0.2) is 13.7 Å². The number of hydrogen-bond donors (Lipinski definition) is 0. The van der Waals surface area contributed by atoms with Crippen molar-refractivity contribution >= 4 is 0 Å². The second-order valence-electron chi connectivity index (χ2n) is 3.93. The summed E-state index contributed by atoms with van der Waals surface area (Å²) >= 11 is 0. The predicted molar refractivity (Wildman–Crippen MR) is 54.3 cm³/mol. The Morgan fingerprint density at radius 1 is 1.17 bits per heavy atom. The number of ether oxygens (including phenoxy) is 1. The Labute approximate surface area is 76.8 Å². The van der Waals surface area contributed by atoms with Crippen molar-refractivity contribution in [1.29, 1.82) is 0 Å². The molecule has 0 radical (unpaired) electrons. The van der Waals surface area contributed by atoms with E-state index in [0.717, 1.165) is 12.5 Å². The van der Waals surface area contributed by atoms with E-state index >= 15 is 0 Å². The molecule has 0 rings (SSSR count). The molecule has 1 atom stereocenters. The third-order valence-corrected chi connectivity index (χ3v) is 2.72. The molecule has 0 aromatic heterocycles. The molecule has 0 amide bonds. The number of allylic oxidation sites excluding steroid dienone is 1. The van der Waals surface area contributed by atoms with Crippen molar-refractivity contribution in [2.45, 2.75) is 34.6 Å². The van der Waals surface area contributed by atoms with Crippen LogP contribution >= 0.6 is 0 Å². The van der Waals surface area contributed by atoms with Crippen molar-refractivity contribution < 1.29 is 4.74 Å². The largest absolute Gasteiger partial charge is 0.380 e. The highest BCUT2D eigenvalue weighted by atomic mass is 16.5. The molecule has 1 unspecified atom stereocenters. The normalized spacial score (nSPS) is 16.2. The molecular formula is C11H22O. The fourth-order valence-corrected chi connectivity index (χ4v) is 1.22. The maximum absolute atomic E-state index is 5.10. The van der Waals surface area contributed by atoms with Gasteiger partial charge >= 0.3 is 0 Å². The van der Waals surface area contributed by atoms with Crippen molar-refractivity contribution in [1.82, 2.24) is 0 Å². The van der Waals surface area contributed by atoms with Gasteiger partial charge in [-0.25, -0.2) is 0 Å². The first-order chi connectivity index (χ1) is 5.50. The predicted octanol–water partition coefficient (Wildman–Crippen LogP) is 3.26. The van der Waals surface area contributed by atoms with Crippen molar-refractivity contribution in [3.63, 3.8) is 0 Å². The molecule has 0 aliphatic carbocycles. The molecule has 0 saturated heterocycles. The molecule has 0 spiro atoms. The Bertz CT molecular complexity index is 156. The van der Waals surface area contributed by atoms with Crippen LogP contribution in [-0.2, 0) is 4.74 Å². The molecule has 0 aliphatic rings. The quantitative estimate of drug-likeness (QED) is 0.588. The van der Waals surface area contributed by atoms with Crippen LogP contribution in [0.3, 0.4) is 0 Å². The lowest BCUT2D eigenvalue weighted by molar-refractivity contribution is 0.224. The molecule has 0 aromatic carbocycles. The van der Waals surface area contributed by atoms with Crippen molar-refractivity contribution in [2.75, 3.05) is 13.7 Å². The van der Waals surface area contributed by atoms with Gasteiger partial charge in [-0.05, 0) is 31.3 Å². The van der Waals surface area contributed by atoms with Crippen molar-refractivity contribution in [2.24, 2.45) is 11.8 Å². The van der Waals surface area contributed by atoms with Crippen LogP contribution in [0.5, 0.6) is 0 Å². The molecule has 0 aliphatic heterocycles. The van der Waals surface area contributed by atoms with Gasteiger partial charge in [0, 0.05) is 7.11 Å². The topological polar surface area (TPSA) is 9.23 Å². The zero-order valence-electron chi connectivity index (χ0n) is 9.27. The highest BCUT2D eigenvalue weighted by molar-refractivity contribution is 5.13. The molecule has 0 saturated carbocycles. The SMILES string of the molecule is COCC(C)=C(C)C(C)C(C)C. The summed E-state index contributed by atoms with van der Waals surface area (Å²) in [5.74, 6) is 1.39. The molecule has 0 heterocycles. The standard InChI is InChI=1S/C11H22O/c1-8(2)10(4)11(5)9(3)7-12-6/h8,10H,7H2,1-6H3. The number of hydrogen-bond acceptors (Lipinski definition) is 1. The zero-order valence-corrected chi connectivity index (χ0v) is 9.27. The van der Waals surface area contributed by atoms with Crippen molar-refractivity contribution in [3.8, 4) is 0 Å². The lowest BCUT2D eigenvalue weighted by atomic mass is 9.88.